The van der Waals surface area contributed by atoms with Crippen LogP contribution in [0.5, 0.6) is 17.2 Å². The van der Waals surface area contributed by atoms with Gasteiger partial charge in [-0.3, -0.25) is 14.6 Å². The van der Waals surface area contributed by atoms with Crippen molar-refractivity contribution in [3.05, 3.63) is 53.1 Å². The normalized spacial score (nSPS) is 20.6. The molecule has 2 aromatic carbocycles. The summed E-state index contributed by atoms with van der Waals surface area (Å²) in [4.78, 5) is 32.7. The molecule has 12 nitrogen and oxygen atoms in total. The Morgan fingerprint density at radius 3 is 2.29 bits per heavy atom. The first-order valence-electron chi connectivity index (χ1n) is 18.6. The number of aliphatic hydroxyl groups excluding tert-OH is 1. The zero-order valence-electron chi connectivity index (χ0n) is 31.7. The van der Waals surface area contributed by atoms with Crippen LogP contribution in [0.15, 0.2) is 36.4 Å². The van der Waals surface area contributed by atoms with Crippen LogP contribution in [-0.2, 0) is 26.1 Å². The number of rotatable bonds is 17. The smallest absolute Gasteiger partial charge is 0.493 e. The van der Waals surface area contributed by atoms with Gasteiger partial charge in [0.15, 0.2) is 11.5 Å². The fraction of sp³-hybridized carbons (Fsp3) is 0.641. The van der Waals surface area contributed by atoms with Crippen molar-refractivity contribution in [1.82, 2.24) is 5.32 Å². The lowest BCUT2D eigenvalue weighted by Crippen LogP contribution is -2.49. The van der Waals surface area contributed by atoms with E-state index in [0.717, 1.165) is 31.2 Å². The number of hydrogen-bond donors (Lipinski definition) is 4. The second-order valence-corrected chi connectivity index (χ2v) is 16.6. The van der Waals surface area contributed by atoms with Gasteiger partial charge in [0.2, 0.25) is 0 Å². The van der Waals surface area contributed by atoms with E-state index in [4.69, 9.17) is 18.7 Å². The number of benzene rings is 2. The summed E-state index contributed by atoms with van der Waals surface area (Å²) in [5, 5.41) is 24.4. The highest BCUT2D eigenvalue weighted by Gasteiger charge is 2.40. The van der Waals surface area contributed by atoms with E-state index < -0.39 is 19.3 Å². The van der Waals surface area contributed by atoms with Crippen LogP contribution in [0, 0.1) is 17.2 Å². The molecule has 52 heavy (non-hydrogen) atoms. The molecule has 4 N–H and O–H groups in total. The number of likely N-dealkylation sites (N-methyl/N-ethyl adjacent to an activating group) is 1. The summed E-state index contributed by atoms with van der Waals surface area (Å²) >= 11 is 0. The largest absolute Gasteiger partial charge is 0.524 e. The van der Waals surface area contributed by atoms with Crippen molar-refractivity contribution >= 4 is 13.8 Å². The molecule has 13 heteroatoms. The van der Waals surface area contributed by atoms with Crippen LogP contribution in [0.1, 0.15) is 109 Å². The minimum absolute atomic E-state index is 0.0132. The monoisotopic (exact) mass is 744 g/mol. The van der Waals surface area contributed by atoms with Crippen LogP contribution >= 0.6 is 7.82 Å². The minimum Gasteiger partial charge on any atom is -0.493 e. The molecule has 2 aliphatic rings. The Balaban J connectivity index is 1.39. The lowest BCUT2D eigenvalue weighted by atomic mass is 9.67. The highest BCUT2D eigenvalue weighted by Crippen LogP contribution is 2.45. The Kier molecular flexibility index (Phi) is 14.2. The SMILES string of the molecule is CC[N+](CC)(CCOC(=O)[C@H]1CC[C@@](C#N)(c2ccc(OC)c(OC3CCCC3)c2)CC1)Cc1ccc(C(O)CNC(C)(C)C)cc1OP(=O)(O)O. The van der Waals surface area contributed by atoms with Gasteiger partial charge in [0.05, 0.1) is 49.8 Å². The average molecular weight is 745 g/mol. The quantitative estimate of drug-likeness (QED) is 0.0797. The number of hydrogen-bond acceptors (Lipinski definition) is 9. The molecule has 2 aliphatic carbocycles. The standard InChI is InChI=1S/C39H58N3O9P/c1-7-42(8-2,26-30-14-13-29(23-35(30)51-52(45,46)47)33(43)25-41-38(3,4)5)21-22-49-37(44)28-17-19-39(27-40,20-18-28)31-15-16-34(48-6)36(24-31)50-32-11-9-10-12-32/h13-16,23-24,28,32-33,41,43H,7-12,17-22,25-26H2,1-6H3,(H-,45,46,47)/p+1/t28-,33?,39+. The third-order valence-electron chi connectivity index (χ3n) is 10.9. The van der Waals surface area contributed by atoms with Gasteiger partial charge < -0.3 is 33.6 Å². The Morgan fingerprint density at radius 1 is 1.04 bits per heavy atom. The first-order chi connectivity index (χ1) is 24.5. The number of phosphoric ester groups is 1. The molecule has 288 valence electrons. The van der Waals surface area contributed by atoms with Gasteiger partial charge in [0.1, 0.15) is 25.4 Å². The van der Waals surface area contributed by atoms with E-state index in [1.54, 1.807) is 19.2 Å². The average Bonchev–Trinajstić information content (AvgIpc) is 3.63. The van der Waals surface area contributed by atoms with Gasteiger partial charge in [-0.25, -0.2) is 4.57 Å². The molecule has 0 radical (unpaired) electrons. The molecule has 0 spiro atoms. The fourth-order valence-electron chi connectivity index (χ4n) is 7.37. The number of nitriles is 1. The maximum Gasteiger partial charge on any atom is 0.524 e. The minimum atomic E-state index is -4.89. The lowest BCUT2D eigenvalue weighted by molar-refractivity contribution is -0.937. The highest BCUT2D eigenvalue weighted by molar-refractivity contribution is 7.46. The zero-order valence-corrected chi connectivity index (χ0v) is 32.6. The predicted molar refractivity (Wildman–Crippen MR) is 198 cm³/mol. The molecule has 0 bridgehead atoms. The Labute approximate surface area is 309 Å². The molecular weight excluding hydrogens is 685 g/mol. The first-order valence-corrected chi connectivity index (χ1v) is 20.2. The summed E-state index contributed by atoms with van der Waals surface area (Å²) in [7, 11) is -3.27. The molecule has 0 aliphatic heterocycles. The predicted octanol–water partition coefficient (Wildman–Crippen LogP) is 6.46. The molecule has 0 heterocycles. The molecule has 2 aromatic rings. The second kappa shape index (κ2) is 17.8. The van der Waals surface area contributed by atoms with Crippen LogP contribution < -0.4 is 19.3 Å². The molecule has 2 fully saturated rings. The second-order valence-electron chi connectivity index (χ2n) is 15.5. The summed E-state index contributed by atoms with van der Waals surface area (Å²) in [5.74, 6) is 0.747. The maximum absolute atomic E-state index is 13.3. The number of carbonyl (C=O) groups is 1. The van der Waals surface area contributed by atoms with E-state index >= 15 is 0 Å². The van der Waals surface area contributed by atoms with Gasteiger partial charge in [0.25, 0.3) is 0 Å². The van der Waals surface area contributed by atoms with Crippen molar-refractivity contribution in [2.75, 3.05) is 39.9 Å². The summed E-state index contributed by atoms with van der Waals surface area (Å²) in [5.41, 5.74) is 0.984. The van der Waals surface area contributed by atoms with E-state index in [1.807, 2.05) is 52.8 Å². The van der Waals surface area contributed by atoms with Crippen LogP contribution in [0.2, 0.25) is 0 Å². The van der Waals surface area contributed by atoms with E-state index in [0.29, 0.717) is 79.0 Å². The third-order valence-corrected chi connectivity index (χ3v) is 11.3. The number of nitrogens with zero attached hydrogens (tertiary/aromatic N) is 2. The molecule has 0 amide bonds. The Morgan fingerprint density at radius 2 is 1.71 bits per heavy atom. The van der Waals surface area contributed by atoms with Crippen LogP contribution in [-0.4, -0.2) is 76.9 Å². The molecular formula is C39H59N3O9P+. The van der Waals surface area contributed by atoms with Crippen molar-refractivity contribution in [3.63, 3.8) is 0 Å². The van der Waals surface area contributed by atoms with Crippen molar-refractivity contribution in [2.24, 2.45) is 5.92 Å². The number of esters is 1. The number of nitrogens with one attached hydrogen (secondary N) is 1. The Bertz CT molecular complexity index is 1580. The fourth-order valence-corrected chi connectivity index (χ4v) is 7.79. The summed E-state index contributed by atoms with van der Waals surface area (Å²) < 4.78 is 35.3. The molecule has 1 unspecified atom stereocenters. The van der Waals surface area contributed by atoms with Crippen LogP contribution in [0.25, 0.3) is 0 Å². The van der Waals surface area contributed by atoms with Gasteiger partial charge in [-0.15, -0.1) is 0 Å². The van der Waals surface area contributed by atoms with E-state index in [-0.39, 0.29) is 42.4 Å². The zero-order chi connectivity index (χ0) is 38.2. The van der Waals surface area contributed by atoms with E-state index in [9.17, 15) is 29.5 Å². The number of phosphoric acid groups is 1. The van der Waals surface area contributed by atoms with Crippen molar-refractivity contribution in [2.45, 2.75) is 116 Å². The summed E-state index contributed by atoms with van der Waals surface area (Å²) in [6.07, 6.45) is 5.68. The molecule has 1 atom stereocenters. The molecule has 0 aromatic heterocycles. The van der Waals surface area contributed by atoms with Crippen molar-refractivity contribution in [3.8, 4) is 23.3 Å². The van der Waals surface area contributed by atoms with Crippen molar-refractivity contribution < 1.29 is 47.5 Å². The van der Waals surface area contributed by atoms with Gasteiger partial charge >= 0.3 is 13.8 Å². The van der Waals surface area contributed by atoms with E-state index in [1.165, 1.54) is 6.07 Å². The van der Waals surface area contributed by atoms with Gasteiger partial charge in [-0.2, -0.15) is 5.26 Å². The van der Waals surface area contributed by atoms with Gasteiger partial charge in [-0.1, -0.05) is 12.1 Å². The summed E-state index contributed by atoms with van der Waals surface area (Å²) in [6, 6.07) is 13.3. The molecule has 0 saturated heterocycles. The first kappa shape index (κ1) is 41.6. The lowest BCUT2D eigenvalue weighted by Gasteiger charge is -2.37. The molecule has 2 saturated carbocycles. The maximum atomic E-state index is 13.3. The van der Waals surface area contributed by atoms with Crippen molar-refractivity contribution in [1.29, 1.82) is 5.26 Å². The third kappa shape index (κ3) is 11.2. The van der Waals surface area contributed by atoms with Gasteiger partial charge in [0, 0.05) is 17.6 Å². The number of β-amino-alcohol motifs (C(OH)–C–C–N with tert-alkyl or cyclic N) is 1. The number of carbonyl (C=O) groups excluding carboxylic acids is 1. The summed E-state index contributed by atoms with van der Waals surface area (Å²) in [6.45, 7) is 12.6. The molecule has 4 rings (SSSR count). The van der Waals surface area contributed by atoms with Crippen LogP contribution in [0.4, 0.5) is 0 Å². The van der Waals surface area contributed by atoms with Gasteiger partial charge in [-0.05, 0) is 121 Å². The van der Waals surface area contributed by atoms with E-state index in [2.05, 4.69) is 11.4 Å². The Hall–Kier alpha value is -3.17. The topological polar surface area (TPSA) is 168 Å². The number of quaternary nitrogens is 1. The number of methoxy groups -OCH3 is 1. The van der Waals surface area contributed by atoms with Crippen LogP contribution in [0.3, 0.4) is 0 Å². The highest BCUT2D eigenvalue weighted by atomic mass is 31.2. The number of aliphatic hydroxyl groups is 1. The number of ether oxygens (including phenoxy) is 3.